The number of halogens is 2. The Morgan fingerprint density at radius 1 is 1.26 bits per heavy atom. The summed E-state index contributed by atoms with van der Waals surface area (Å²) in [7, 11) is 1.30. The molecule has 0 amide bonds. The van der Waals surface area contributed by atoms with Crippen LogP contribution in [0.25, 0.3) is 0 Å². The summed E-state index contributed by atoms with van der Waals surface area (Å²) in [6, 6.07) is 5.16. The average Bonchev–Trinajstić information content (AvgIpc) is 2.48. The van der Waals surface area contributed by atoms with E-state index in [0.717, 1.165) is 0 Å². The van der Waals surface area contributed by atoms with E-state index in [2.05, 4.69) is 11.9 Å². The maximum absolute atomic E-state index is 12.3. The number of ether oxygens (including phenoxy) is 1. The van der Waals surface area contributed by atoms with Crippen LogP contribution in [0.1, 0.15) is 25.3 Å². The zero-order chi connectivity index (χ0) is 17.3. The topological polar surface area (TPSA) is 58.6 Å². The van der Waals surface area contributed by atoms with Gasteiger partial charge in [-0.1, -0.05) is 41.9 Å². The van der Waals surface area contributed by atoms with Crippen molar-refractivity contribution in [1.29, 1.82) is 0 Å². The van der Waals surface area contributed by atoms with E-state index in [1.165, 1.54) is 7.11 Å². The highest BCUT2D eigenvalue weighted by Crippen LogP contribution is 2.44. The summed E-state index contributed by atoms with van der Waals surface area (Å²) in [5.41, 5.74) is 2.74. The number of aliphatic hydroxyl groups excluding tert-OH is 1. The van der Waals surface area contributed by atoms with E-state index < -0.39 is 11.9 Å². The Hall–Kier alpha value is -1.91. The Kier molecular flexibility index (Phi) is 5.07. The Bertz CT molecular complexity index is 750. The SMILES string of the molecule is C=C(O)C1=C(C)NC(C)=C(C(=O)OC)C1c1cccc(Cl)c1Cl. The number of allylic oxidation sites excluding steroid dienone is 3. The molecule has 0 bridgehead atoms. The molecule has 1 aliphatic heterocycles. The first-order valence-corrected chi connectivity index (χ1v) is 7.64. The van der Waals surface area contributed by atoms with Crippen molar-refractivity contribution in [3.8, 4) is 0 Å². The number of benzene rings is 1. The van der Waals surface area contributed by atoms with Gasteiger partial charge in [-0.05, 0) is 25.5 Å². The molecule has 0 saturated heterocycles. The summed E-state index contributed by atoms with van der Waals surface area (Å²) < 4.78 is 4.90. The van der Waals surface area contributed by atoms with Gasteiger partial charge in [0.05, 0.1) is 22.7 Å². The second-order valence-electron chi connectivity index (χ2n) is 5.22. The van der Waals surface area contributed by atoms with Crippen LogP contribution in [0, 0.1) is 0 Å². The zero-order valence-electron chi connectivity index (χ0n) is 13.0. The lowest BCUT2D eigenvalue weighted by molar-refractivity contribution is -0.136. The van der Waals surface area contributed by atoms with E-state index in [1.54, 1.807) is 32.0 Å². The minimum absolute atomic E-state index is 0.148. The molecule has 0 spiro atoms. The van der Waals surface area contributed by atoms with Crippen molar-refractivity contribution in [2.24, 2.45) is 0 Å². The normalized spacial score (nSPS) is 17.9. The van der Waals surface area contributed by atoms with Gasteiger partial charge in [-0.15, -0.1) is 0 Å². The quantitative estimate of drug-likeness (QED) is 0.621. The number of hydrogen-bond donors (Lipinski definition) is 2. The molecule has 0 saturated carbocycles. The van der Waals surface area contributed by atoms with Crippen LogP contribution in [-0.2, 0) is 9.53 Å². The molecule has 122 valence electrons. The molecule has 6 heteroatoms. The van der Waals surface area contributed by atoms with Crippen molar-refractivity contribution in [2.75, 3.05) is 7.11 Å². The molecule has 1 aliphatic rings. The molecule has 0 radical (unpaired) electrons. The van der Waals surface area contributed by atoms with Gasteiger partial charge >= 0.3 is 5.97 Å². The molecular weight excluding hydrogens is 337 g/mol. The molecule has 4 nitrogen and oxygen atoms in total. The van der Waals surface area contributed by atoms with Gasteiger partial charge in [0.2, 0.25) is 0 Å². The number of aliphatic hydroxyl groups is 1. The molecule has 1 heterocycles. The highest BCUT2D eigenvalue weighted by Gasteiger charge is 2.36. The number of carbonyl (C=O) groups is 1. The van der Waals surface area contributed by atoms with Crippen LogP contribution >= 0.6 is 23.2 Å². The molecule has 23 heavy (non-hydrogen) atoms. The van der Waals surface area contributed by atoms with Crippen LogP contribution in [-0.4, -0.2) is 18.2 Å². The third-order valence-electron chi connectivity index (χ3n) is 3.77. The summed E-state index contributed by atoms with van der Waals surface area (Å²) in [5.74, 6) is -1.28. The molecule has 0 aromatic heterocycles. The second-order valence-corrected chi connectivity index (χ2v) is 6.00. The summed E-state index contributed by atoms with van der Waals surface area (Å²) in [4.78, 5) is 12.3. The fourth-order valence-corrected chi connectivity index (χ4v) is 3.23. The van der Waals surface area contributed by atoms with E-state index >= 15 is 0 Å². The van der Waals surface area contributed by atoms with E-state index in [4.69, 9.17) is 27.9 Å². The number of rotatable bonds is 3. The van der Waals surface area contributed by atoms with Gasteiger partial charge < -0.3 is 15.2 Å². The van der Waals surface area contributed by atoms with Crippen LogP contribution in [0.3, 0.4) is 0 Å². The van der Waals surface area contributed by atoms with E-state index in [1.807, 2.05) is 0 Å². The van der Waals surface area contributed by atoms with Crippen LogP contribution in [0.2, 0.25) is 10.0 Å². The first-order chi connectivity index (χ1) is 10.8. The fourth-order valence-electron chi connectivity index (χ4n) is 2.81. The van der Waals surface area contributed by atoms with Gasteiger partial charge in [-0.2, -0.15) is 0 Å². The van der Waals surface area contributed by atoms with E-state index in [9.17, 15) is 9.90 Å². The van der Waals surface area contributed by atoms with Gasteiger partial charge in [0, 0.05) is 22.9 Å². The lowest BCUT2D eigenvalue weighted by Gasteiger charge is -2.31. The molecule has 2 N–H and O–H groups in total. The highest BCUT2D eigenvalue weighted by atomic mass is 35.5. The van der Waals surface area contributed by atoms with Crippen LogP contribution in [0.5, 0.6) is 0 Å². The van der Waals surface area contributed by atoms with Crippen LogP contribution in [0.15, 0.2) is 53.1 Å². The second kappa shape index (κ2) is 6.69. The number of esters is 1. The standard InChI is InChI=1S/C17H17Cl2NO3/c1-8-13(10(3)21)15(11-6-5-7-12(18)16(11)19)14(9(2)20-8)17(22)23-4/h5-7,15,20-21H,3H2,1-2,4H3. The predicted octanol–water partition coefficient (Wildman–Crippen LogP) is 4.47. The van der Waals surface area contributed by atoms with Crippen molar-refractivity contribution in [2.45, 2.75) is 19.8 Å². The first kappa shape index (κ1) is 17.4. The summed E-state index contributed by atoms with van der Waals surface area (Å²) >= 11 is 12.5. The highest BCUT2D eigenvalue weighted by molar-refractivity contribution is 6.42. The molecule has 0 aliphatic carbocycles. The third kappa shape index (κ3) is 3.09. The Balaban J connectivity index is 2.77. The van der Waals surface area contributed by atoms with Crippen molar-refractivity contribution < 1.29 is 14.6 Å². The number of carbonyl (C=O) groups excluding carboxylic acids is 1. The van der Waals surface area contributed by atoms with Crippen molar-refractivity contribution in [1.82, 2.24) is 5.32 Å². The van der Waals surface area contributed by atoms with Gasteiger partial charge in [0.25, 0.3) is 0 Å². The molecule has 1 aromatic carbocycles. The fraction of sp³-hybridized carbons (Fsp3) is 0.235. The van der Waals surface area contributed by atoms with E-state index in [0.29, 0.717) is 38.1 Å². The summed E-state index contributed by atoms with van der Waals surface area (Å²) in [6.45, 7) is 7.16. The Morgan fingerprint density at radius 3 is 2.43 bits per heavy atom. The Morgan fingerprint density at radius 2 is 1.87 bits per heavy atom. The number of dihydropyridines is 1. The predicted molar refractivity (Wildman–Crippen MR) is 91.5 cm³/mol. The van der Waals surface area contributed by atoms with Crippen molar-refractivity contribution in [3.05, 3.63) is 68.7 Å². The van der Waals surface area contributed by atoms with E-state index in [-0.39, 0.29) is 5.76 Å². The van der Waals surface area contributed by atoms with Gasteiger partial charge in [0.1, 0.15) is 5.76 Å². The molecule has 0 fully saturated rings. The molecular formula is C17H17Cl2NO3. The maximum atomic E-state index is 12.3. The molecule has 1 aromatic rings. The summed E-state index contributed by atoms with van der Waals surface area (Å²) in [6.07, 6.45) is 0. The first-order valence-electron chi connectivity index (χ1n) is 6.88. The average molecular weight is 354 g/mol. The largest absolute Gasteiger partial charge is 0.508 e. The smallest absolute Gasteiger partial charge is 0.336 e. The van der Waals surface area contributed by atoms with Crippen LogP contribution in [0.4, 0.5) is 0 Å². The minimum atomic E-state index is -0.618. The van der Waals surface area contributed by atoms with Crippen LogP contribution < -0.4 is 5.32 Å². The lowest BCUT2D eigenvalue weighted by atomic mass is 9.80. The number of methoxy groups -OCH3 is 1. The van der Waals surface area contributed by atoms with Gasteiger partial charge in [0.15, 0.2) is 0 Å². The molecule has 2 rings (SSSR count). The van der Waals surface area contributed by atoms with Gasteiger partial charge in [-0.25, -0.2) is 4.79 Å². The lowest BCUT2D eigenvalue weighted by Crippen LogP contribution is -2.29. The van der Waals surface area contributed by atoms with Crippen molar-refractivity contribution >= 4 is 29.2 Å². The van der Waals surface area contributed by atoms with Crippen molar-refractivity contribution in [3.63, 3.8) is 0 Å². The Labute approximate surface area is 145 Å². The monoisotopic (exact) mass is 353 g/mol. The number of hydrogen-bond acceptors (Lipinski definition) is 4. The molecule has 1 atom stereocenters. The summed E-state index contributed by atoms with van der Waals surface area (Å²) in [5, 5.41) is 13.8. The molecule has 1 unspecified atom stereocenters. The third-order valence-corrected chi connectivity index (χ3v) is 4.60. The zero-order valence-corrected chi connectivity index (χ0v) is 14.5. The maximum Gasteiger partial charge on any atom is 0.336 e. The number of nitrogens with one attached hydrogen (secondary N) is 1. The minimum Gasteiger partial charge on any atom is -0.508 e. The van der Waals surface area contributed by atoms with Gasteiger partial charge in [-0.3, -0.25) is 0 Å².